The molecule has 1 fully saturated rings. The van der Waals surface area contributed by atoms with Gasteiger partial charge < -0.3 is 20.1 Å². The number of carbonyl (C=O) groups is 3. The molecule has 1 saturated carbocycles. The number of fused-ring (bicyclic) bond motifs is 3. The van der Waals surface area contributed by atoms with Gasteiger partial charge in [-0.1, -0.05) is 62.4 Å². The van der Waals surface area contributed by atoms with Gasteiger partial charge in [0.05, 0.1) is 0 Å². The van der Waals surface area contributed by atoms with Gasteiger partial charge in [0, 0.05) is 12.5 Å². The van der Waals surface area contributed by atoms with Crippen LogP contribution in [-0.2, 0) is 14.3 Å². The maximum Gasteiger partial charge on any atom is 0.407 e. The van der Waals surface area contributed by atoms with Gasteiger partial charge in [0.2, 0.25) is 5.91 Å². The molecule has 0 heterocycles. The van der Waals surface area contributed by atoms with Crippen LogP contribution in [0.4, 0.5) is 4.79 Å². The van der Waals surface area contributed by atoms with Crippen molar-refractivity contribution in [1.29, 1.82) is 0 Å². The Bertz CT molecular complexity index is 1000. The molecule has 0 saturated heterocycles. The molecule has 1 atom stereocenters. The Kier molecular flexibility index (Phi) is 6.67. The maximum atomic E-state index is 13.1. The monoisotopic (exact) mass is 450 g/mol. The summed E-state index contributed by atoms with van der Waals surface area (Å²) < 4.78 is 5.59. The zero-order chi connectivity index (χ0) is 23.5. The molecule has 0 aromatic heterocycles. The molecular formula is C26H30N2O5. The molecule has 2 amide bonds. The molecule has 7 nitrogen and oxygen atoms in total. The molecule has 0 bridgehead atoms. The Hall–Kier alpha value is -3.35. The molecule has 2 aromatic carbocycles. The fourth-order valence-corrected chi connectivity index (χ4v) is 4.49. The van der Waals surface area contributed by atoms with Crippen LogP contribution in [0.2, 0.25) is 0 Å². The Balaban J connectivity index is 1.42. The molecule has 174 valence electrons. The van der Waals surface area contributed by atoms with Crippen LogP contribution in [0.5, 0.6) is 0 Å². The Labute approximate surface area is 193 Å². The Morgan fingerprint density at radius 3 is 2.12 bits per heavy atom. The summed E-state index contributed by atoms with van der Waals surface area (Å²) in [5.74, 6) is -1.39. The number of carbonyl (C=O) groups excluding carboxylic acids is 2. The standard InChI is InChI=1S/C26H30N2O5/c1-16(2)24(25(31)28(14-23(29)30)13-17-11-12-17)27-26(32)33-15-22-20-9-5-3-7-18(20)19-8-4-6-10-21(19)22/h3-10,16-17,22,24H,11-15H2,1-2H3,(H,27,32)(H,29,30)/t24-/m1/s1. The summed E-state index contributed by atoms with van der Waals surface area (Å²) >= 11 is 0. The first-order valence-corrected chi connectivity index (χ1v) is 11.5. The van der Waals surface area contributed by atoms with Crippen molar-refractivity contribution < 1.29 is 24.2 Å². The van der Waals surface area contributed by atoms with E-state index in [0.29, 0.717) is 12.5 Å². The number of rotatable bonds is 9. The van der Waals surface area contributed by atoms with Gasteiger partial charge in [0.25, 0.3) is 0 Å². The smallest absolute Gasteiger partial charge is 0.407 e. The summed E-state index contributed by atoms with van der Waals surface area (Å²) in [5.41, 5.74) is 4.50. The van der Waals surface area contributed by atoms with E-state index in [1.54, 1.807) is 0 Å². The topological polar surface area (TPSA) is 95.9 Å². The molecule has 0 aliphatic heterocycles. The lowest BCUT2D eigenvalue weighted by Crippen LogP contribution is -2.53. The number of aliphatic carboxylic acids is 1. The van der Waals surface area contributed by atoms with Crippen LogP contribution in [0.15, 0.2) is 48.5 Å². The number of carboxylic acids is 1. The zero-order valence-electron chi connectivity index (χ0n) is 19.0. The first kappa shape index (κ1) is 22.8. The van der Waals surface area contributed by atoms with Crippen molar-refractivity contribution in [3.8, 4) is 11.1 Å². The third-order valence-corrected chi connectivity index (χ3v) is 6.36. The highest BCUT2D eigenvalue weighted by Crippen LogP contribution is 2.44. The van der Waals surface area contributed by atoms with Crippen LogP contribution in [0.1, 0.15) is 43.7 Å². The van der Waals surface area contributed by atoms with Crippen molar-refractivity contribution in [3.63, 3.8) is 0 Å². The van der Waals surface area contributed by atoms with Gasteiger partial charge in [-0.25, -0.2) is 4.79 Å². The van der Waals surface area contributed by atoms with Gasteiger partial charge in [-0.15, -0.1) is 0 Å². The van der Waals surface area contributed by atoms with Crippen LogP contribution in [0, 0.1) is 11.8 Å². The van der Waals surface area contributed by atoms with E-state index >= 15 is 0 Å². The number of carboxylic acid groups (broad SMARTS) is 1. The first-order chi connectivity index (χ1) is 15.8. The molecular weight excluding hydrogens is 420 g/mol. The Morgan fingerprint density at radius 2 is 1.61 bits per heavy atom. The fourth-order valence-electron chi connectivity index (χ4n) is 4.49. The van der Waals surface area contributed by atoms with E-state index in [1.165, 1.54) is 4.90 Å². The second kappa shape index (κ2) is 9.65. The summed E-state index contributed by atoms with van der Waals surface area (Å²) in [6.45, 7) is 3.83. The van der Waals surface area contributed by atoms with E-state index in [2.05, 4.69) is 17.4 Å². The maximum absolute atomic E-state index is 13.1. The lowest BCUT2D eigenvalue weighted by Gasteiger charge is -2.28. The second-order valence-corrected chi connectivity index (χ2v) is 9.25. The van der Waals surface area contributed by atoms with Crippen molar-refractivity contribution >= 4 is 18.0 Å². The zero-order valence-corrected chi connectivity index (χ0v) is 19.0. The van der Waals surface area contributed by atoms with Gasteiger partial charge in [-0.05, 0) is 46.9 Å². The highest BCUT2D eigenvalue weighted by molar-refractivity contribution is 5.88. The van der Waals surface area contributed by atoms with E-state index < -0.39 is 18.1 Å². The molecule has 2 aliphatic carbocycles. The lowest BCUT2D eigenvalue weighted by molar-refractivity contribution is -0.146. The number of nitrogens with one attached hydrogen (secondary N) is 1. The molecule has 0 radical (unpaired) electrons. The number of benzene rings is 2. The number of ether oxygens (including phenoxy) is 1. The third-order valence-electron chi connectivity index (χ3n) is 6.36. The largest absolute Gasteiger partial charge is 0.480 e. The van der Waals surface area contributed by atoms with Crippen LogP contribution >= 0.6 is 0 Å². The minimum atomic E-state index is -1.06. The fraction of sp³-hybridized carbons (Fsp3) is 0.423. The number of hydrogen-bond acceptors (Lipinski definition) is 4. The molecule has 0 spiro atoms. The van der Waals surface area contributed by atoms with Crippen molar-refractivity contribution in [2.75, 3.05) is 19.7 Å². The number of alkyl carbamates (subject to hydrolysis) is 1. The minimum absolute atomic E-state index is 0.0743. The van der Waals surface area contributed by atoms with E-state index in [0.717, 1.165) is 35.1 Å². The summed E-state index contributed by atoms with van der Waals surface area (Å²) in [5, 5.41) is 11.9. The van der Waals surface area contributed by atoms with E-state index in [9.17, 15) is 19.5 Å². The highest BCUT2D eigenvalue weighted by atomic mass is 16.5. The minimum Gasteiger partial charge on any atom is -0.480 e. The summed E-state index contributed by atoms with van der Waals surface area (Å²) in [6.07, 6.45) is 1.32. The normalized spacial score (nSPS) is 15.5. The molecule has 7 heteroatoms. The lowest BCUT2D eigenvalue weighted by atomic mass is 9.98. The molecule has 33 heavy (non-hydrogen) atoms. The van der Waals surface area contributed by atoms with Crippen LogP contribution in [-0.4, -0.2) is 53.7 Å². The average Bonchev–Trinajstić information content (AvgIpc) is 3.55. The predicted octanol–water partition coefficient (Wildman–Crippen LogP) is 3.87. The predicted molar refractivity (Wildman–Crippen MR) is 124 cm³/mol. The van der Waals surface area contributed by atoms with E-state index in [1.807, 2.05) is 50.2 Å². The van der Waals surface area contributed by atoms with Gasteiger partial charge in [-0.3, -0.25) is 9.59 Å². The third kappa shape index (κ3) is 5.18. The molecule has 4 rings (SSSR count). The summed E-state index contributed by atoms with van der Waals surface area (Å²) in [6, 6.07) is 15.3. The number of nitrogens with zero attached hydrogens (tertiary/aromatic N) is 1. The number of amides is 2. The van der Waals surface area contributed by atoms with Crippen LogP contribution in [0.25, 0.3) is 11.1 Å². The molecule has 2 N–H and O–H groups in total. The summed E-state index contributed by atoms with van der Waals surface area (Å²) in [4.78, 5) is 38.4. The molecule has 0 unspecified atom stereocenters. The highest BCUT2D eigenvalue weighted by Gasteiger charge is 2.34. The quantitative estimate of drug-likeness (QED) is 0.605. The van der Waals surface area contributed by atoms with Crippen molar-refractivity contribution in [2.45, 2.75) is 38.6 Å². The van der Waals surface area contributed by atoms with E-state index in [-0.39, 0.29) is 30.9 Å². The average molecular weight is 451 g/mol. The summed E-state index contributed by atoms with van der Waals surface area (Å²) in [7, 11) is 0. The second-order valence-electron chi connectivity index (χ2n) is 9.25. The van der Waals surface area contributed by atoms with Crippen LogP contribution in [0.3, 0.4) is 0 Å². The SMILES string of the molecule is CC(C)[C@@H](NC(=O)OCC1c2ccccc2-c2ccccc21)C(=O)N(CC(=O)O)CC1CC1. The van der Waals surface area contributed by atoms with Gasteiger partial charge >= 0.3 is 12.1 Å². The molecule has 2 aliphatic rings. The first-order valence-electron chi connectivity index (χ1n) is 11.5. The Morgan fingerprint density at radius 1 is 1.03 bits per heavy atom. The molecule has 2 aromatic rings. The van der Waals surface area contributed by atoms with Crippen molar-refractivity contribution in [2.24, 2.45) is 11.8 Å². The van der Waals surface area contributed by atoms with E-state index in [4.69, 9.17) is 4.74 Å². The van der Waals surface area contributed by atoms with Gasteiger partial charge in [0.1, 0.15) is 19.2 Å². The van der Waals surface area contributed by atoms with Crippen molar-refractivity contribution in [3.05, 3.63) is 59.7 Å². The van der Waals surface area contributed by atoms with Gasteiger partial charge in [-0.2, -0.15) is 0 Å². The number of hydrogen-bond donors (Lipinski definition) is 2. The van der Waals surface area contributed by atoms with Crippen molar-refractivity contribution in [1.82, 2.24) is 10.2 Å². The van der Waals surface area contributed by atoms with Gasteiger partial charge in [0.15, 0.2) is 0 Å². The van der Waals surface area contributed by atoms with Crippen LogP contribution < -0.4 is 5.32 Å².